The van der Waals surface area contributed by atoms with Gasteiger partial charge < -0.3 is 9.64 Å². The molecule has 1 aliphatic rings. The number of rotatable bonds is 2. The van der Waals surface area contributed by atoms with Crippen molar-refractivity contribution in [2.75, 3.05) is 19.0 Å². The Morgan fingerprint density at radius 3 is 2.87 bits per heavy atom. The second-order valence-corrected chi connectivity index (χ2v) is 6.36. The summed E-state index contributed by atoms with van der Waals surface area (Å²) in [6.07, 6.45) is 0.304. The van der Waals surface area contributed by atoms with Crippen LogP contribution in [0.15, 0.2) is 6.07 Å². The van der Waals surface area contributed by atoms with E-state index in [0.717, 1.165) is 16.3 Å². The molecule has 3 rings (SSSR count). The number of hydrogen-bond donors (Lipinski definition) is 1. The van der Waals surface area contributed by atoms with Gasteiger partial charge in [-0.15, -0.1) is 0 Å². The van der Waals surface area contributed by atoms with Crippen LogP contribution in [-0.4, -0.2) is 45.3 Å². The zero-order valence-electron chi connectivity index (χ0n) is 13.1. The van der Waals surface area contributed by atoms with Crippen molar-refractivity contribution >= 4 is 28.5 Å². The van der Waals surface area contributed by atoms with Crippen molar-refractivity contribution < 1.29 is 14.3 Å². The van der Waals surface area contributed by atoms with Crippen LogP contribution >= 0.6 is 11.3 Å². The molecule has 8 nitrogen and oxygen atoms in total. The van der Waals surface area contributed by atoms with E-state index in [1.165, 1.54) is 18.4 Å². The summed E-state index contributed by atoms with van der Waals surface area (Å²) in [5, 5.41) is 7.44. The van der Waals surface area contributed by atoms with E-state index in [0.29, 0.717) is 30.3 Å². The number of nitrogens with zero attached hydrogens (tertiary/aromatic N) is 4. The number of ether oxygens (including phenoxy) is 1. The third-order valence-electron chi connectivity index (χ3n) is 3.73. The molecule has 2 aromatic rings. The Hall–Kier alpha value is -2.42. The molecule has 1 N–H and O–H groups in total. The molecule has 0 atom stereocenters. The van der Waals surface area contributed by atoms with Crippen molar-refractivity contribution in [3.8, 4) is 0 Å². The minimum atomic E-state index is -0.349. The molecule has 3 heterocycles. The normalized spacial score (nSPS) is 13.6. The van der Waals surface area contributed by atoms with Crippen molar-refractivity contribution in [2.24, 2.45) is 7.05 Å². The van der Waals surface area contributed by atoms with Gasteiger partial charge in [0.2, 0.25) is 0 Å². The van der Waals surface area contributed by atoms with E-state index < -0.39 is 0 Å². The number of amides is 2. The topological polar surface area (TPSA) is 89.4 Å². The second kappa shape index (κ2) is 5.99. The summed E-state index contributed by atoms with van der Waals surface area (Å²) in [6, 6.07) is 1.72. The number of aryl methyl sites for hydroxylation is 2. The highest BCUT2D eigenvalue weighted by molar-refractivity contribution is 7.15. The van der Waals surface area contributed by atoms with Crippen LogP contribution in [-0.2, 0) is 24.8 Å². The fraction of sp³-hybridized carbons (Fsp3) is 0.429. The summed E-state index contributed by atoms with van der Waals surface area (Å²) in [6.45, 7) is 2.90. The number of anilines is 1. The number of hydrogen-bond acceptors (Lipinski definition) is 6. The molecule has 0 bridgehead atoms. The van der Waals surface area contributed by atoms with Crippen LogP contribution in [0.1, 0.15) is 26.8 Å². The average Bonchev–Trinajstić information content (AvgIpc) is 3.08. The molecule has 0 saturated heterocycles. The summed E-state index contributed by atoms with van der Waals surface area (Å²) in [7, 11) is 3.15. The van der Waals surface area contributed by atoms with Gasteiger partial charge in [-0.2, -0.15) is 5.10 Å². The Morgan fingerprint density at radius 1 is 1.43 bits per heavy atom. The molecule has 0 spiro atoms. The number of methoxy groups -OCH3 is 1. The van der Waals surface area contributed by atoms with Gasteiger partial charge in [0.05, 0.1) is 19.3 Å². The average molecular weight is 335 g/mol. The highest BCUT2D eigenvalue weighted by Gasteiger charge is 2.25. The van der Waals surface area contributed by atoms with Gasteiger partial charge in [0, 0.05) is 30.6 Å². The Bertz CT molecular complexity index is 747. The van der Waals surface area contributed by atoms with Crippen LogP contribution in [0, 0.1) is 6.92 Å². The van der Waals surface area contributed by atoms with Crippen molar-refractivity contribution in [3.63, 3.8) is 0 Å². The number of aromatic nitrogens is 3. The fourth-order valence-electron chi connectivity index (χ4n) is 2.37. The zero-order valence-corrected chi connectivity index (χ0v) is 13.9. The number of nitrogens with one attached hydrogen (secondary N) is 1. The number of carbonyl (C=O) groups is 2. The van der Waals surface area contributed by atoms with Crippen LogP contribution < -0.4 is 5.32 Å². The van der Waals surface area contributed by atoms with Gasteiger partial charge in [0.25, 0.3) is 5.91 Å². The highest BCUT2D eigenvalue weighted by atomic mass is 32.1. The second-order valence-electron chi connectivity index (χ2n) is 5.28. The lowest BCUT2D eigenvalue weighted by molar-refractivity contribution is 0.102. The number of fused-ring (bicyclic) bond motifs is 1. The van der Waals surface area contributed by atoms with Crippen LogP contribution in [0.2, 0.25) is 0 Å². The highest BCUT2D eigenvalue weighted by Crippen LogP contribution is 2.28. The van der Waals surface area contributed by atoms with Crippen LogP contribution in [0.25, 0.3) is 0 Å². The molecule has 0 unspecified atom stereocenters. The zero-order chi connectivity index (χ0) is 16.6. The van der Waals surface area contributed by atoms with Gasteiger partial charge in [0.15, 0.2) is 10.8 Å². The standard InChI is InChI=1S/C14H17N5O3S/c1-8-6-10(17-18(8)2)12(20)16-13-15-9-4-5-19(14(21)22-3)7-11(9)23-13/h6H,4-5,7H2,1-3H3,(H,15,16,20). The van der Waals surface area contributed by atoms with Crippen molar-refractivity contribution in [1.29, 1.82) is 0 Å². The van der Waals surface area contributed by atoms with Gasteiger partial charge in [-0.05, 0) is 13.0 Å². The fourth-order valence-corrected chi connectivity index (χ4v) is 3.39. The lowest BCUT2D eigenvalue weighted by atomic mass is 10.2. The molecule has 0 saturated carbocycles. The summed E-state index contributed by atoms with van der Waals surface area (Å²) in [5.41, 5.74) is 2.18. The van der Waals surface area contributed by atoms with Gasteiger partial charge >= 0.3 is 6.09 Å². The van der Waals surface area contributed by atoms with Crippen LogP contribution in [0.3, 0.4) is 0 Å². The van der Waals surface area contributed by atoms with Gasteiger partial charge in [-0.25, -0.2) is 9.78 Å². The molecule has 23 heavy (non-hydrogen) atoms. The van der Waals surface area contributed by atoms with E-state index in [2.05, 4.69) is 15.4 Å². The Labute approximate surface area is 137 Å². The molecule has 122 valence electrons. The first kappa shape index (κ1) is 15.5. The lowest BCUT2D eigenvalue weighted by Crippen LogP contribution is -2.35. The SMILES string of the molecule is COC(=O)N1CCc2nc(NC(=O)c3cc(C)n(C)n3)sc2C1. The molecule has 0 aromatic carbocycles. The maximum atomic E-state index is 12.2. The Balaban J connectivity index is 1.72. The first-order chi connectivity index (χ1) is 11.0. The van der Waals surface area contributed by atoms with E-state index in [1.807, 2.05) is 6.92 Å². The first-order valence-corrected chi connectivity index (χ1v) is 7.93. The summed E-state index contributed by atoms with van der Waals surface area (Å²) in [4.78, 5) is 30.8. The van der Waals surface area contributed by atoms with E-state index in [1.54, 1.807) is 22.7 Å². The molecule has 0 fully saturated rings. The van der Waals surface area contributed by atoms with E-state index in [-0.39, 0.29) is 12.0 Å². The third-order valence-corrected chi connectivity index (χ3v) is 4.73. The summed E-state index contributed by atoms with van der Waals surface area (Å²) >= 11 is 1.37. The maximum absolute atomic E-state index is 12.2. The van der Waals surface area contributed by atoms with E-state index in [4.69, 9.17) is 4.74 Å². The summed E-state index contributed by atoms with van der Waals surface area (Å²) in [5.74, 6) is -0.287. The monoisotopic (exact) mass is 335 g/mol. The molecule has 0 aliphatic carbocycles. The molecule has 1 aliphatic heterocycles. The van der Waals surface area contributed by atoms with Crippen molar-refractivity contribution in [1.82, 2.24) is 19.7 Å². The van der Waals surface area contributed by atoms with E-state index >= 15 is 0 Å². The number of carbonyl (C=O) groups excluding carboxylic acids is 2. The Morgan fingerprint density at radius 2 is 2.22 bits per heavy atom. The lowest BCUT2D eigenvalue weighted by Gasteiger charge is -2.24. The molecule has 0 radical (unpaired) electrons. The Kier molecular flexibility index (Phi) is 4.03. The molecular weight excluding hydrogens is 318 g/mol. The predicted molar refractivity (Wildman–Crippen MR) is 84.5 cm³/mol. The quantitative estimate of drug-likeness (QED) is 0.899. The molecule has 9 heteroatoms. The third kappa shape index (κ3) is 3.04. The largest absolute Gasteiger partial charge is 0.453 e. The minimum Gasteiger partial charge on any atom is -0.453 e. The van der Waals surface area contributed by atoms with E-state index in [9.17, 15) is 9.59 Å². The van der Waals surface area contributed by atoms with Crippen LogP contribution in [0.4, 0.5) is 9.93 Å². The van der Waals surface area contributed by atoms with Gasteiger partial charge in [-0.3, -0.25) is 14.8 Å². The first-order valence-electron chi connectivity index (χ1n) is 7.11. The van der Waals surface area contributed by atoms with Gasteiger partial charge in [0.1, 0.15) is 0 Å². The maximum Gasteiger partial charge on any atom is 0.409 e. The van der Waals surface area contributed by atoms with Crippen molar-refractivity contribution in [3.05, 3.63) is 28.0 Å². The number of thiazole rings is 1. The molecular formula is C14H17N5O3S. The van der Waals surface area contributed by atoms with Crippen molar-refractivity contribution in [2.45, 2.75) is 19.9 Å². The summed E-state index contributed by atoms with van der Waals surface area (Å²) < 4.78 is 6.39. The van der Waals surface area contributed by atoms with Crippen LogP contribution in [0.5, 0.6) is 0 Å². The molecule has 2 amide bonds. The smallest absolute Gasteiger partial charge is 0.409 e. The van der Waals surface area contributed by atoms with Gasteiger partial charge in [-0.1, -0.05) is 11.3 Å². The molecule has 2 aromatic heterocycles. The minimum absolute atomic E-state index is 0.287. The predicted octanol–water partition coefficient (Wildman–Crippen LogP) is 1.56.